The third-order valence-corrected chi connectivity index (χ3v) is 5.89. The number of likely N-dealkylation sites (tertiary alicyclic amines) is 1. The van der Waals surface area contributed by atoms with Gasteiger partial charge in [-0.2, -0.15) is 0 Å². The summed E-state index contributed by atoms with van der Waals surface area (Å²) in [5.74, 6) is 0.882. The van der Waals surface area contributed by atoms with Crippen LogP contribution in [0.4, 0.5) is 0 Å². The van der Waals surface area contributed by atoms with Gasteiger partial charge in [0.2, 0.25) is 0 Å². The fraction of sp³-hybridized carbons (Fsp3) is 0.435. The van der Waals surface area contributed by atoms with Crippen LogP contribution in [0, 0.1) is 0 Å². The largest absolute Gasteiger partial charge is 0.497 e. The van der Waals surface area contributed by atoms with Crippen molar-refractivity contribution in [2.45, 2.75) is 38.4 Å². The summed E-state index contributed by atoms with van der Waals surface area (Å²) in [5, 5.41) is 4.40. The highest BCUT2D eigenvalue weighted by Crippen LogP contribution is 2.21. The van der Waals surface area contributed by atoms with Crippen molar-refractivity contribution in [1.29, 1.82) is 0 Å². The number of ether oxygens (including phenoxy) is 1. The number of hydrogen-bond acceptors (Lipinski definition) is 3. The zero-order valence-electron chi connectivity index (χ0n) is 17.1. The van der Waals surface area contributed by atoms with Crippen molar-refractivity contribution in [1.82, 2.24) is 15.1 Å². The molecule has 1 aliphatic heterocycles. The van der Waals surface area contributed by atoms with Crippen LogP contribution in [0.15, 0.2) is 54.6 Å². The van der Waals surface area contributed by atoms with E-state index in [1.165, 1.54) is 11.1 Å². The molecule has 1 aliphatic rings. The Hall–Kier alpha value is -2.11. The Labute approximate surface area is 174 Å². The molecule has 0 amide bonds. The van der Waals surface area contributed by atoms with Crippen LogP contribution >= 0.6 is 12.2 Å². The number of hydrogen-bond donors (Lipinski definition) is 1. The molecule has 1 atom stereocenters. The van der Waals surface area contributed by atoms with E-state index in [-0.39, 0.29) is 6.04 Å². The molecule has 2 aromatic rings. The molecule has 1 fully saturated rings. The van der Waals surface area contributed by atoms with E-state index in [4.69, 9.17) is 17.0 Å². The van der Waals surface area contributed by atoms with Gasteiger partial charge in [0.05, 0.1) is 13.2 Å². The summed E-state index contributed by atoms with van der Waals surface area (Å²) >= 11 is 5.89. The molecular formula is C23H31N3OS. The minimum absolute atomic E-state index is 0.179. The zero-order valence-corrected chi connectivity index (χ0v) is 17.9. The average Bonchev–Trinajstić information content (AvgIpc) is 2.73. The summed E-state index contributed by atoms with van der Waals surface area (Å²) in [5.41, 5.74) is 2.49. The molecule has 3 rings (SSSR count). The quantitative estimate of drug-likeness (QED) is 0.737. The van der Waals surface area contributed by atoms with Crippen LogP contribution in [0.5, 0.6) is 5.75 Å². The van der Waals surface area contributed by atoms with Crippen LogP contribution in [0.25, 0.3) is 0 Å². The maximum absolute atomic E-state index is 5.89. The highest BCUT2D eigenvalue weighted by Gasteiger charge is 2.26. The van der Waals surface area contributed by atoms with E-state index in [2.05, 4.69) is 65.5 Å². The van der Waals surface area contributed by atoms with Gasteiger partial charge in [0.25, 0.3) is 0 Å². The standard InChI is InChI=1S/C23H31N3OS/c1-18(20-7-5-4-6-8-20)24-23(28)26(21-13-15-25(2)16-14-21)17-19-9-11-22(27-3)12-10-19/h4-12,18,21H,13-17H2,1-3H3,(H,24,28). The van der Waals surface area contributed by atoms with Crippen molar-refractivity contribution in [2.24, 2.45) is 0 Å². The van der Waals surface area contributed by atoms with Crippen molar-refractivity contribution >= 4 is 17.3 Å². The number of nitrogens with zero attached hydrogens (tertiary/aromatic N) is 2. The van der Waals surface area contributed by atoms with Crippen molar-refractivity contribution in [3.05, 3.63) is 65.7 Å². The summed E-state index contributed by atoms with van der Waals surface area (Å²) < 4.78 is 5.29. The first-order valence-corrected chi connectivity index (χ1v) is 10.4. The number of benzene rings is 2. The highest BCUT2D eigenvalue weighted by molar-refractivity contribution is 7.80. The van der Waals surface area contributed by atoms with E-state index in [1.54, 1.807) is 7.11 Å². The van der Waals surface area contributed by atoms with Crippen molar-refractivity contribution in [3.63, 3.8) is 0 Å². The van der Waals surface area contributed by atoms with Crippen LogP contribution in [-0.4, -0.2) is 48.2 Å². The van der Waals surface area contributed by atoms with Gasteiger partial charge in [-0.15, -0.1) is 0 Å². The molecule has 1 N–H and O–H groups in total. The van der Waals surface area contributed by atoms with E-state index in [1.807, 2.05) is 18.2 Å². The van der Waals surface area contributed by atoms with Crippen molar-refractivity contribution in [2.75, 3.05) is 27.2 Å². The molecule has 150 valence electrons. The predicted octanol–water partition coefficient (Wildman–Crippen LogP) is 4.23. The Kier molecular flexibility index (Phi) is 7.29. The second-order valence-electron chi connectivity index (χ2n) is 7.59. The normalized spacial score (nSPS) is 16.4. The number of piperidine rings is 1. The van der Waals surface area contributed by atoms with Crippen LogP contribution in [-0.2, 0) is 6.54 Å². The van der Waals surface area contributed by atoms with Crippen molar-refractivity contribution in [3.8, 4) is 5.75 Å². The minimum Gasteiger partial charge on any atom is -0.497 e. The molecule has 0 saturated carbocycles. The fourth-order valence-corrected chi connectivity index (χ4v) is 4.08. The lowest BCUT2D eigenvalue weighted by Gasteiger charge is -2.39. The Morgan fingerprint density at radius 3 is 2.39 bits per heavy atom. The van der Waals surface area contributed by atoms with E-state index in [0.29, 0.717) is 6.04 Å². The first-order valence-electron chi connectivity index (χ1n) is 10.0. The maximum atomic E-state index is 5.89. The monoisotopic (exact) mass is 397 g/mol. The number of rotatable bonds is 6. The Morgan fingerprint density at radius 1 is 1.14 bits per heavy atom. The highest BCUT2D eigenvalue weighted by atomic mass is 32.1. The summed E-state index contributed by atoms with van der Waals surface area (Å²) in [6.45, 7) is 5.20. The average molecular weight is 398 g/mol. The lowest BCUT2D eigenvalue weighted by atomic mass is 10.0. The second kappa shape index (κ2) is 9.89. The van der Waals surface area contributed by atoms with Crippen LogP contribution in [0.2, 0.25) is 0 Å². The first kappa shape index (κ1) is 20.6. The molecule has 1 heterocycles. The van der Waals surface area contributed by atoms with E-state index >= 15 is 0 Å². The molecule has 2 aromatic carbocycles. The lowest BCUT2D eigenvalue weighted by Crippen LogP contribution is -2.50. The summed E-state index contributed by atoms with van der Waals surface area (Å²) in [6, 6.07) is 19.4. The lowest BCUT2D eigenvalue weighted by molar-refractivity contribution is 0.170. The smallest absolute Gasteiger partial charge is 0.169 e. The van der Waals surface area contributed by atoms with Crippen LogP contribution in [0.3, 0.4) is 0 Å². The first-order chi connectivity index (χ1) is 13.6. The molecule has 4 nitrogen and oxygen atoms in total. The molecule has 0 bridgehead atoms. The summed E-state index contributed by atoms with van der Waals surface area (Å²) in [4.78, 5) is 4.77. The SMILES string of the molecule is COc1ccc(CN(C(=S)NC(C)c2ccccc2)C2CCN(C)CC2)cc1. The molecule has 0 aliphatic carbocycles. The number of nitrogens with one attached hydrogen (secondary N) is 1. The van der Waals surface area contributed by atoms with Gasteiger partial charge in [-0.1, -0.05) is 42.5 Å². The molecule has 28 heavy (non-hydrogen) atoms. The molecule has 0 aromatic heterocycles. The number of methoxy groups -OCH3 is 1. The van der Waals surface area contributed by atoms with Gasteiger partial charge >= 0.3 is 0 Å². The number of thiocarbonyl (C=S) groups is 1. The molecule has 1 unspecified atom stereocenters. The Balaban J connectivity index is 1.73. The third kappa shape index (κ3) is 5.46. The maximum Gasteiger partial charge on any atom is 0.169 e. The topological polar surface area (TPSA) is 27.7 Å². The molecule has 0 spiro atoms. The summed E-state index contributed by atoms with van der Waals surface area (Å²) in [6.07, 6.45) is 2.27. The Morgan fingerprint density at radius 2 is 1.79 bits per heavy atom. The second-order valence-corrected chi connectivity index (χ2v) is 7.98. The molecule has 0 radical (unpaired) electrons. The van der Waals surface area contributed by atoms with Gasteiger partial charge in [-0.25, -0.2) is 0 Å². The fourth-order valence-electron chi connectivity index (χ4n) is 3.69. The van der Waals surface area contributed by atoms with Crippen molar-refractivity contribution < 1.29 is 4.74 Å². The summed E-state index contributed by atoms with van der Waals surface area (Å²) in [7, 11) is 3.89. The Bertz CT molecular complexity index is 742. The van der Waals surface area contributed by atoms with Crippen LogP contribution in [0.1, 0.15) is 36.9 Å². The van der Waals surface area contributed by atoms with Gasteiger partial charge < -0.3 is 19.9 Å². The van der Waals surface area contributed by atoms with Gasteiger partial charge in [-0.3, -0.25) is 0 Å². The van der Waals surface area contributed by atoms with E-state index in [0.717, 1.165) is 43.3 Å². The van der Waals surface area contributed by atoms with Gasteiger partial charge in [0.1, 0.15) is 5.75 Å². The van der Waals surface area contributed by atoms with Gasteiger partial charge in [0.15, 0.2) is 5.11 Å². The van der Waals surface area contributed by atoms with Gasteiger partial charge in [0, 0.05) is 12.6 Å². The van der Waals surface area contributed by atoms with Gasteiger partial charge in [-0.05, 0) is 75.4 Å². The molecular weight excluding hydrogens is 366 g/mol. The minimum atomic E-state index is 0.179. The van der Waals surface area contributed by atoms with E-state index < -0.39 is 0 Å². The predicted molar refractivity (Wildman–Crippen MR) is 120 cm³/mol. The van der Waals surface area contributed by atoms with Crippen LogP contribution < -0.4 is 10.1 Å². The molecule has 1 saturated heterocycles. The zero-order chi connectivity index (χ0) is 19.9. The molecule has 5 heteroatoms. The third-order valence-electron chi connectivity index (χ3n) is 5.54. The van der Waals surface area contributed by atoms with E-state index in [9.17, 15) is 0 Å².